The minimum Gasteiger partial charge on any atom is -0.370 e. The molecule has 3 heteroatoms. The van der Waals surface area contributed by atoms with Crippen LogP contribution >= 0.6 is 0 Å². The van der Waals surface area contributed by atoms with Crippen molar-refractivity contribution < 1.29 is 4.79 Å². The molecule has 0 bridgehead atoms. The van der Waals surface area contributed by atoms with Gasteiger partial charge in [-0.05, 0) is 10.8 Å². The number of hydrogen-bond acceptors (Lipinski definition) is 3. The van der Waals surface area contributed by atoms with Crippen LogP contribution in [0.1, 0.15) is 10.4 Å². The molecule has 0 atom stereocenters. The summed E-state index contributed by atoms with van der Waals surface area (Å²) in [6.07, 6.45) is 1.63. The van der Waals surface area contributed by atoms with E-state index >= 15 is 0 Å². The fraction of sp³-hybridized carbons (Fsp3) is 0.133. The van der Waals surface area contributed by atoms with Crippen LogP contribution < -0.4 is 10.6 Å². The van der Waals surface area contributed by atoms with Crippen LogP contribution in [-0.4, -0.2) is 18.9 Å². The normalized spacial score (nSPS) is 14.1. The van der Waals surface area contributed by atoms with Gasteiger partial charge in [-0.2, -0.15) is 0 Å². The first-order chi connectivity index (χ1) is 8.84. The van der Waals surface area contributed by atoms with E-state index in [0.29, 0.717) is 0 Å². The summed E-state index contributed by atoms with van der Waals surface area (Å²) in [7, 11) is 0. The van der Waals surface area contributed by atoms with E-state index in [2.05, 4.69) is 10.6 Å². The average molecular weight is 238 g/mol. The second-order valence-electron chi connectivity index (χ2n) is 4.30. The molecule has 2 aromatic rings. The topological polar surface area (TPSA) is 41.1 Å². The summed E-state index contributed by atoms with van der Waals surface area (Å²) in [4.78, 5) is 12.3. The summed E-state index contributed by atoms with van der Waals surface area (Å²) in [5.74, 6) is 0.844. The van der Waals surface area contributed by atoms with Crippen LogP contribution in [0.25, 0.3) is 10.8 Å². The molecule has 0 saturated carbocycles. The molecule has 2 aromatic carbocycles. The Morgan fingerprint density at radius 1 is 1.00 bits per heavy atom. The van der Waals surface area contributed by atoms with E-state index < -0.39 is 0 Å². The summed E-state index contributed by atoms with van der Waals surface area (Å²) in [6.45, 7) is 1.74. The van der Waals surface area contributed by atoms with Crippen LogP contribution in [0.15, 0.2) is 54.4 Å². The molecule has 0 radical (unpaired) electrons. The molecule has 1 heterocycles. The minimum absolute atomic E-state index is 0.0312. The Balaban J connectivity index is 2.03. The summed E-state index contributed by atoms with van der Waals surface area (Å²) in [5.41, 5.74) is 0.746. The van der Waals surface area contributed by atoms with Crippen molar-refractivity contribution in [2.24, 2.45) is 0 Å². The van der Waals surface area contributed by atoms with E-state index in [0.717, 1.165) is 35.2 Å². The molecule has 0 aromatic heterocycles. The molecular weight excluding hydrogens is 224 g/mol. The predicted octanol–water partition coefficient (Wildman–Crippen LogP) is 2.06. The first-order valence-corrected chi connectivity index (χ1v) is 6.06. The van der Waals surface area contributed by atoms with E-state index in [1.54, 1.807) is 6.08 Å². The highest BCUT2D eigenvalue weighted by Crippen LogP contribution is 2.19. The molecule has 0 aliphatic carbocycles. The van der Waals surface area contributed by atoms with Gasteiger partial charge in [0.2, 0.25) is 0 Å². The monoisotopic (exact) mass is 238 g/mol. The predicted molar refractivity (Wildman–Crippen MR) is 72.4 cm³/mol. The number of allylic oxidation sites excluding steroid dienone is 1. The van der Waals surface area contributed by atoms with E-state index in [1.807, 2.05) is 42.5 Å². The van der Waals surface area contributed by atoms with Gasteiger partial charge in [-0.3, -0.25) is 4.79 Å². The van der Waals surface area contributed by atoms with Crippen molar-refractivity contribution in [2.45, 2.75) is 0 Å². The zero-order valence-electron chi connectivity index (χ0n) is 9.94. The molecule has 1 aliphatic rings. The number of fused-ring (bicyclic) bond motifs is 1. The third-order valence-electron chi connectivity index (χ3n) is 3.09. The van der Waals surface area contributed by atoms with Crippen molar-refractivity contribution in [3.05, 3.63) is 59.9 Å². The van der Waals surface area contributed by atoms with Crippen LogP contribution in [0.2, 0.25) is 0 Å². The Bertz CT molecular complexity index is 618. The summed E-state index contributed by atoms with van der Waals surface area (Å²) in [5, 5.41) is 8.36. The van der Waals surface area contributed by atoms with Crippen molar-refractivity contribution in [1.82, 2.24) is 10.6 Å². The zero-order chi connectivity index (χ0) is 12.4. The molecule has 0 amide bonds. The van der Waals surface area contributed by atoms with Crippen LogP contribution in [0.5, 0.6) is 0 Å². The van der Waals surface area contributed by atoms with Crippen LogP contribution in [-0.2, 0) is 0 Å². The molecule has 0 spiro atoms. The molecule has 3 nitrogen and oxygen atoms in total. The van der Waals surface area contributed by atoms with Gasteiger partial charge in [-0.15, -0.1) is 0 Å². The standard InChI is InChI=1S/C15H14N2O/c18-14(10-15-16-8-9-17-15)13-7-3-5-11-4-1-2-6-12(11)13/h1-7,10,16-17H,8-9H2. The van der Waals surface area contributed by atoms with Crippen molar-refractivity contribution in [3.63, 3.8) is 0 Å². The first-order valence-electron chi connectivity index (χ1n) is 6.06. The molecule has 0 unspecified atom stereocenters. The van der Waals surface area contributed by atoms with Crippen LogP contribution in [0, 0.1) is 0 Å². The van der Waals surface area contributed by atoms with Gasteiger partial charge in [0.25, 0.3) is 0 Å². The summed E-state index contributed by atoms with van der Waals surface area (Å²) in [6, 6.07) is 13.8. The summed E-state index contributed by atoms with van der Waals surface area (Å²) >= 11 is 0. The summed E-state index contributed by atoms with van der Waals surface area (Å²) < 4.78 is 0. The zero-order valence-corrected chi connectivity index (χ0v) is 9.94. The third kappa shape index (κ3) is 1.95. The van der Waals surface area contributed by atoms with Gasteiger partial charge >= 0.3 is 0 Å². The molecule has 3 rings (SSSR count). The molecule has 2 N–H and O–H groups in total. The highest BCUT2D eigenvalue weighted by Gasteiger charge is 2.10. The van der Waals surface area contributed by atoms with Crippen molar-refractivity contribution in [2.75, 3.05) is 13.1 Å². The second kappa shape index (κ2) is 4.53. The maximum absolute atomic E-state index is 12.3. The lowest BCUT2D eigenvalue weighted by atomic mass is 10.0. The van der Waals surface area contributed by atoms with Crippen molar-refractivity contribution in [1.29, 1.82) is 0 Å². The molecule has 18 heavy (non-hydrogen) atoms. The van der Waals surface area contributed by atoms with Crippen LogP contribution in [0.3, 0.4) is 0 Å². The highest BCUT2D eigenvalue weighted by atomic mass is 16.1. The van der Waals surface area contributed by atoms with Gasteiger partial charge in [0.1, 0.15) is 5.82 Å². The fourth-order valence-electron chi connectivity index (χ4n) is 2.21. The maximum atomic E-state index is 12.3. The number of rotatable bonds is 2. The number of carbonyl (C=O) groups is 1. The van der Waals surface area contributed by atoms with Gasteiger partial charge in [0, 0.05) is 24.7 Å². The number of hydrogen-bond donors (Lipinski definition) is 2. The molecule has 1 fully saturated rings. The van der Waals surface area contributed by atoms with Gasteiger partial charge in [0.05, 0.1) is 0 Å². The SMILES string of the molecule is O=C(C=C1NCCN1)c1cccc2ccccc12. The Morgan fingerprint density at radius 3 is 2.56 bits per heavy atom. The van der Waals surface area contributed by atoms with Gasteiger partial charge < -0.3 is 10.6 Å². The Morgan fingerprint density at radius 2 is 1.72 bits per heavy atom. The van der Waals surface area contributed by atoms with E-state index in [1.165, 1.54) is 0 Å². The lowest BCUT2D eigenvalue weighted by molar-refractivity contribution is 0.104. The second-order valence-corrected chi connectivity index (χ2v) is 4.30. The van der Waals surface area contributed by atoms with Gasteiger partial charge in [0.15, 0.2) is 5.78 Å². The van der Waals surface area contributed by atoms with Gasteiger partial charge in [-0.1, -0.05) is 42.5 Å². The van der Waals surface area contributed by atoms with Crippen molar-refractivity contribution >= 4 is 16.6 Å². The number of nitrogens with one attached hydrogen (secondary N) is 2. The Kier molecular flexibility index (Phi) is 2.73. The van der Waals surface area contributed by atoms with E-state index in [4.69, 9.17) is 0 Å². The van der Waals surface area contributed by atoms with E-state index in [9.17, 15) is 4.79 Å². The van der Waals surface area contributed by atoms with Crippen LogP contribution in [0.4, 0.5) is 0 Å². The van der Waals surface area contributed by atoms with Crippen molar-refractivity contribution in [3.8, 4) is 0 Å². The average Bonchev–Trinajstić information content (AvgIpc) is 2.91. The largest absolute Gasteiger partial charge is 0.370 e. The molecule has 1 aliphatic heterocycles. The lowest BCUT2D eigenvalue weighted by Crippen LogP contribution is -2.12. The fourth-order valence-corrected chi connectivity index (χ4v) is 2.21. The maximum Gasteiger partial charge on any atom is 0.190 e. The molecular formula is C15H14N2O. The quantitative estimate of drug-likeness (QED) is 0.621. The third-order valence-corrected chi connectivity index (χ3v) is 3.09. The van der Waals surface area contributed by atoms with Gasteiger partial charge in [-0.25, -0.2) is 0 Å². The molecule has 1 saturated heterocycles. The number of carbonyl (C=O) groups excluding carboxylic acids is 1. The number of ketones is 1. The first kappa shape index (κ1) is 10.8. The number of benzene rings is 2. The Hall–Kier alpha value is -2.29. The minimum atomic E-state index is 0.0312. The smallest absolute Gasteiger partial charge is 0.190 e. The highest BCUT2D eigenvalue weighted by molar-refractivity contribution is 6.13. The Labute approximate surface area is 106 Å². The molecule has 90 valence electrons. The van der Waals surface area contributed by atoms with E-state index in [-0.39, 0.29) is 5.78 Å². The lowest BCUT2D eigenvalue weighted by Gasteiger charge is -2.04.